The summed E-state index contributed by atoms with van der Waals surface area (Å²) in [5.41, 5.74) is 0.778. The molecule has 8 heteroatoms. The lowest BCUT2D eigenvalue weighted by Gasteiger charge is -2.20. The van der Waals surface area contributed by atoms with Crippen molar-refractivity contribution in [1.82, 2.24) is 20.8 Å². The highest BCUT2D eigenvalue weighted by molar-refractivity contribution is 8.00. The van der Waals surface area contributed by atoms with Gasteiger partial charge in [-0.2, -0.15) is 0 Å². The highest BCUT2D eigenvalue weighted by Crippen LogP contribution is 2.25. The van der Waals surface area contributed by atoms with Crippen molar-refractivity contribution < 1.29 is 14.0 Å². The Morgan fingerprint density at radius 3 is 2.44 bits per heavy atom. The summed E-state index contributed by atoms with van der Waals surface area (Å²) in [7, 11) is 0. The summed E-state index contributed by atoms with van der Waals surface area (Å²) >= 11 is 1.12. The third-order valence-corrected chi connectivity index (χ3v) is 4.60. The fourth-order valence-electron chi connectivity index (χ4n) is 2.32. The minimum Gasteiger partial charge on any atom is -0.416 e. The number of hydrogen-bond acceptors (Lipinski definition) is 6. The van der Waals surface area contributed by atoms with Gasteiger partial charge in [0, 0.05) is 12.0 Å². The topological polar surface area (TPSA) is 97.1 Å². The Morgan fingerprint density at radius 1 is 1.15 bits per heavy atom. The molecule has 27 heavy (non-hydrogen) atoms. The monoisotopic (exact) mass is 390 g/mol. The first-order valence-corrected chi connectivity index (χ1v) is 9.69. The van der Waals surface area contributed by atoms with Crippen molar-refractivity contribution in [3.63, 3.8) is 0 Å². The highest BCUT2D eigenvalue weighted by Gasteiger charge is 2.22. The van der Waals surface area contributed by atoms with Crippen molar-refractivity contribution in [3.05, 3.63) is 41.8 Å². The molecule has 0 aliphatic heterocycles. The van der Waals surface area contributed by atoms with Crippen molar-refractivity contribution >= 4 is 23.7 Å². The van der Waals surface area contributed by atoms with Gasteiger partial charge >= 0.3 is 6.03 Å². The fraction of sp³-hybridized carbons (Fsp3) is 0.474. The molecule has 1 heterocycles. The van der Waals surface area contributed by atoms with E-state index in [9.17, 15) is 9.59 Å². The summed E-state index contributed by atoms with van der Waals surface area (Å²) in [6.45, 7) is 9.29. The summed E-state index contributed by atoms with van der Waals surface area (Å²) in [5.74, 6) is 0.345. The Kier molecular flexibility index (Phi) is 7.01. The fourth-order valence-corrected chi connectivity index (χ4v) is 3.02. The standard InChI is InChI=1S/C19H26N4O3S/c1-12(14-9-7-6-8-10-14)11-15-22-23-18(26-15)27-13(2)16(24)20-17(25)21-19(3,4)5/h6-10,12-13H,11H2,1-5H3,(H2,20,21,24,25). The second kappa shape index (κ2) is 9.03. The number of thioether (sulfide) groups is 1. The summed E-state index contributed by atoms with van der Waals surface area (Å²) in [6.07, 6.45) is 0.617. The van der Waals surface area contributed by atoms with Crippen LogP contribution in [-0.2, 0) is 11.2 Å². The summed E-state index contributed by atoms with van der Waals surface area (Å²) < 4.78 is 5.64. The number of imide groups is 1. The molecule has 2 N–H and O–H groups in total. The van der Waals surface area contributed by atoms with Gasteiger partial charge in [-0.15, -0.1) is 10.2 Å². The second-order valence-electron chi connectivity index (χ2n) is 7.43. The Hall–Kier alpha value is -2.35. The van der Waals surface area contributed by atoms with Crippen molar-refractivity contribution in [2.24, 2.45) is 0 Å². The summed E-state index contributed by atoms with van der Waals surface area (Å²) in [4.78, 5) is 23.9. The maximum absolute atomic E-state index is 12.1. The number of hydrogen-bond donors (Lipinski definition) is 2. The minimum absolute atomic E-state index is 0.242. The highest BCUT2D eigenvalue weighted by atomic mass is 32.2. The molecule has 0 fully saturated rings. The van der Waals surface area contributed by atoms with Crippen molar-refractivity contribution in [2.75, 3.05) is 0 Å². The molecule has 2 atom stereocenters. The van der Waals surface area contributed by atoms with Crippen molar-refractivity contribution in [2.45, 2.75) is 63.0 Å². The van der Waals surface area contributed by atoms with Crippen molar-refractivity contribution in [3.8, 4) is 0 Å². The maximum atomic E-state index is 12.1. The number of benzene rings is 1. The van der Waals surface area contributed by atoms with Gasteiger partial charge in [-0.3, -0.25) is 10.1 Å². The van der Waals surface area contributed by atoms with E-state index in [1.54, 1.807) is 6.92 Å². The molecule has 0 bridgehead atoms. The third-order valence-electron chi connectivity index (χ3n) is 3.67. The lowest BCUT2D eigenvalue weighted by molar-refractivity contribution is -0.119. The quantitative estimate of drug-likeness (QED) is 0.733. The number of carbonyl (C=O) groups excluding carboxylic acids is 2. The van der Waals surface area contributed by atoms with Gasteiger partial charge in [-0.05, 0) is 39.2 Å². The molecule has 0 spiro atoms. The van der Waals surface area contributed by atoms with Gasteiger partial charge < -0.3 is 9.73 Å². The van der Waals surface area contributed by atoms with Gasteiger partial charge in [0.15, 0.2) is 0 Å². The molecule has 146 valence electrons. The second-order valence-corrected chi connectivity index (χ2v) is 8.72. The van der Waals surface area contributed by atoms with E-state index >= 15 is 0 Å². The van der Waals surface area contributed by atoms with Crippen LogP contribution in [0.15, 0.2) is 40.0 Å². The lowest BCUT2D eigenvalue weighted by Crippen LogP contribution is -2.49. The first-order valence-electron chi connectivity index (χ1n) is 8.81. The zero-order valence-electron chi connectivity index (χ0n) is 16.3. The predicted octanol–water partition coefficient (Wildman–Crippen LogP) is 3.52. The van der Waals surface area contributed by atoms with E-state index < -0.39 is 22.7 Å². The molecule has 2 aromatic rings. The van der Waals surface area contributed by atoms with E-state index in [1.165, 1.54) is 5.56 Å². The minimum atomic E-state index is -0.546. The molecular weight excluding hydrogens is 364 g/mol. The van der Waals surface area contributed by atoms with Gasteiger partial charge in [-0.25, -0.2) is 4.79 Å². The number of aromatic nitrogens is 2. The smallest absolute Gasteiger partial charge is 0.321 e. The molecule has 0 radical (unpaired) electrons. The van der Waals surface area contributed by atoms with E-state index in [2.05, 4.69) is 39.9 Å². The molecule has 1 aromatic heterocycles. The molecule has 0 aliphatic carbocycles. The Balaban J connectivity index is 1.87. The molecular formula is C19H26N4O3S. The van der Waals surface area contributed by atoms with Crippen LogP contribution in [0.5, 0.6) is 0 Å². The van der Waals surface area contributed by atoms with Gasteiger partial charge in [0.05, 0.1) is 5.25 Å². The Morgan fingerprint density at radius 2 is 1.81 bits per heavy atom. The van der Waals surface area contributed by atoms with Crippen LogP contribution in [0.4, 0.5) is 4.79 Å². The number of rotatable bonds is 6. The molecule has 0 saturated heterocycles. The largest absolute Gasteiger partial charge is 0.416 e. The molecule has 3 amide bonds. The summed E-state index contributed by atoms with van der Waals surface area (Å²) in [5, 5.41) is 12.8. The van der Waals surface area contributed by atoms with Crippen LogP contribution < -0.4 is 10.6 Å². The third kappa shape index (κ3) is 7.05. The first-order chi connectivity index (χ1) is 12.6. The zero-order chi connectivity index (χ0) is 20.0. The number of nitrogens with zero attached hydrogens (tertiary/aromatic N) is 2. The van der Waals surface area contributed by atoms with Crippen LogP contribution in [0, 0.1) is 0 Å². The van der Waals surface area contributed by atoms with Crippen LogP contribution in [0.3, 0.4) is 0 Å². The predicted molar refractivity (Wildman–Crippen MR) is 105 cm³/mol. The molecule has 1 aromatic carbocycles. The van der Waals surface area contributed by atoms with E-state index in [4.69, 9.17) is 4.42 Å². The number of nitrogens with one attached hydrogen (secondary N) is 2. The Bertz CT molecular complexity index is 771. The van der Waals surface area contributed by atoms with Gasteiger partial charge in [0.25, 0.3) is 5.22 Å². The van der Waals surface area contributed by atoms with Crippen LogP contribution in [0.2, 0.25) is 0 Å². The van der Waals surface area contributed by atoms with E-state index in [-0.39, 0.29) is 5.92 Å². The zero-order valence-corrected chi connectivity index (χ0v) is 17.1. The molecule has 0 saturated carbocycles. The van der Waals surface area contributed by atoms with Crippen LogP contribution >= 0.6 is 11.8 Å². The number of carbonyl (C=O) groups is 2. The number of amides is 3. The average Bonchev–Trinajstić information content (AvgIpc) is 3.00. The Labute approximate surface area is 163 Å². The summed E-state index contributed by atoms with van der Waals surface area (Å²) in [6, 6.07) is 9.57. The molecule has 2 unspecified atom stereocenters. The molecule has 0 aliphatic rings. The van der Waals surface area contributed by atoms with E-state index in [0.717, 1.165) is 11.8 Å². The van der Waals surface area contributed by atoms with E-state index in [0.29, 0.717) is 17.5 Å². The van der Waals surface area contributed by atoms with E-state index in [1.807, 2.05) is 39.0 Å². The lowest BCUT2D eigenvalue weighted by atomic mass is 9.98. The van der Waals surface area contributed by atoms with Crippen LogP contribution in [-0.4, -0.2) is 32.9 Å². The van der Waals surface area contributed by atoms with Crippen LogP contribution in [0.25, 0.3) is 0 Å². The normalized spacial score (nSPS) is 13.7. The van der Waals surface area contributed by atoms with Gasteiger partial charge in [0.1, 0.15) is 0 Å². The first kappa shape index (κ1) is 21.0. The maximum Gasteiger partial charge on any atom is 0.321 e. The average molecular weight is 391 g/mol. The van der Waals surface area contributed by atoms with Crippen LogP contribution in [0.1, 0.15) is 52.0 Å². The SMILES string of the molecule is CC(Sc1nnc(CC(C)c2ccccc2)o1)C(=O)NC(=O)NC(C)(C)C. The number of urea groups is 1. The van der Waals surface area contributed by atoms with Crippen molar-refractivity contribution in [1.29, 1.82) is 0 Å². The van der Waals surface area contributed by atoms with Gasteiger partial charge in [-0.1, -0.05) is 49.0 Å². The molecule has 7 nitrogen and oxygen atoms in total. The molecule has 2 rings (SSSR count). The van der Waals surface area contributed by atoms with Gasteiger partial charge in [0.2, 0.25) is 11.8 Å².